The molecule has 2 heteroatoms. The molecule has 0 spiro atoms. The van der Waals surface area contributed by atoms with Gasteiger partial charge in [0.05, 0.1) is 0 Å². The molecule has 1 fully saturated rings. The van der Waals surface area contributed by atoms with Crippen LogP contribution in [0.2, 0.25) is 0 Å². The zero-order chi connectivity index (χ0) is 14.7. The maximum Gasteiger partial charge on any atom is 0.0319 e. The summed E-state index contributed by atoms with van der Waals surface area (Å²) in [6.07, 6.45) is 12.9. The first kappa shape index (κ1) is 18.9. The molecule has 1 rings (SSSR count). The molecule has 19 heavy (non-hydrogen) atoms. The van der Waals surface area contributed by atoms with Crippen molar-refractivity contribution in [2.45, 2.75) is 84.6 Å². The van der Waals surface area contributed by atoms with E-state index in [1.807, 2.05) is 0 Å². The van der Waals surface area contributed by atoms with Crippen LogP contribution in [0.25, 0.3) is 0 Å². The molecule has 0 saturated heterocycles. The van der Waals surface area contributed by atoms with Gasteiger partial charge in [-0.15, -0.1) is 0 Å². The quantitative estimate of drug-likeness (QED) is 0.752. The molecule has 2 N–H and O–H groups in total. The van der Waals surface area contributed by atoms with Gasteiger partial charge in [-0.2, -0.15) is 0 Å². The molecule has 0 radical (unpaired) electrons. The Morgan fingerprint density at radius 2 is 1.68 bits per heavy atom. The molecule has 116 valence electrons. The van der Waals surface area contributed by atoms with E-state index in [9.17, 15) is 0 Å². The zero-order valence-electron chi connectivity index (χ0n) is 14.0. The lowest BCUT2D eigenvalue weighted by molar-refractivity contribution is 0.283. The van der Waals surface area contributed by atoms with E-state index >= 15 is 0 Å². The van der Waals surface area contributed by atoms with Crippen molar-refractivity contribution >= 4 is 0 Å². The molecule has 0 aromatic rings. The van der Waals surface area contributed by atoms with Crippen LogP contribution in [0.3, 0.4) is 0 Å². The molecule has 1 atom stereocenters. The topological polar surface area (TPSA) is 32.3 Å². The Kier molecular flexibility index (Phi) is 10.6. The van der Waals surface area contributed by atoms with Gasteiger partial charge in [0.15, 0.2) is 0 Å². The molecule has 0 aliphatic heterocycles. The summed E-state index contributed by atoms with van der Waals surface area (Å²) < 4.78 is 0. The molecule has 2 nitrogen and oxygen atoms in total. The first-order valence-electron chi connectivity index (χ1n) is 8.13. The van der Waals surface area contributed by atoms with Gasteiger partial charge in [0.1, 0.15) is 0 Å². The van der Waals surface area contributed by atoms with Crippen molar-refractivity contribution in [1.82, 2.24) is 5.32 Å². The fourth-order valence-electron chi connectivity index (χ4n) is 3.08. The first-order chi connectivity index (χ1) is 9.01. The molecule has 0 heterocycles. The van der Waals surface area contributed by atoms with Crippen molar-refractivity contribution in [3.63, 3.8) is 0 Å². The number of hydrogen-bond acceptors (Lipinski definition) is 2. The van der Waals surface area contributed by atoms with E-state index < -0.39 is 0 Å². The Balaban J connectivity index is 0.00000154. The fraction of sp³-hybridized carbons (Fsp3) is 1.00. The highest BCUT2D eigenvalue weighted by atomic mass is 16.2. The van der Waals surface area contributed by atoms with Gasteiger partial charge in [0.25, 0.3) is 0 Å². The summed E-state index contributed by atoms with van der Waals surface area (Å²) >= 11 is 0. The average molecular weight is 271 g/mol. The van der Waals surface area contributed by atoms with Gasteiger partial charge >= 0.3 is 0 Å². The smallest absolute Gasteiger partial charge is 0.0319 e. The molecule has 0 bridgehead atoms. The average Bonchev–Trinajstić information content (AvgIpc) is 2.40. The van der Waals surface area contributed by atoms with E-state index in [4.69, 9.17) is 5.11 Å². The number of aliphatic hydroxyl groups is 1. The Morgan fingerprint density at radius 1 is 1.11 bits per heavy atom. The van der Waals surface area contributed by atoms with Gasteiger partial charge in [0, 0.05) is 13.2 Å². The van der Waals surface area contributed by atoms with E-state index in [0.29, 0.717) is 5.41 Å². The number of rotatable bonds is 6. The molecule has 1 saturated carbocycles. The monoisotopic (exact) mass is 271 g/mol. The predicted octanol–water partition coefficient (Wildman–Crippen LogP) is 4.37. The van der Waals surface area contributed by atoms with Gasteiger partial charge in [-0.25, -0.2) is 0 Å². The summed E-state index contributed by atoms with van der Waals surface area (Å²) in [6.45, 7) is 7.05. The van der Waals surface area contributed by atoms with Crippen LogP contribution in [0.5, 0.6) is 0 Å². The molecule has 0 aromatic carbocycles. The van der Waals surface area contributed by atoms with E-state index in [0.717, 1.165) is 19.1 Å². The van der Waals surface area contributed by atoms with Crippen LogP contribution in [-0.4, -0.2) is 25.3 Å². The minimum atomic E-state index is 0.503. The Bertz CT molecular complexity index is 192. The number of aliphatic hydroxyl groups excluding tert-OH is 1. The lowest BCUT2D eigenvalue weighted by Gasteiger charge is -2.27. The largest absolute Gasteiger partial charge is 0.400 e. The standard InChI is InChI=1S/C16H33N.CH4O/c1-16(2,3)12-8-11-15(17-4)13-14-9-6-5-7-10-14;1-2/h14-15,17H,5-13H2,1-4H3;2H,1H3. The highest BCUT2D eigenvalue weighted by molar-refractivity contribution is 4.74. The summed E-state index contributed by atoms with van der Waals surface area (Å²) in [6, 6.07) is 0.764. The normalized spacial score (nSPS) is 18.6. The number of hydrogen-bond donors (Lipinski definition) is 2. The predicted molar refractivity (Wildman–Crippen MR) is 85.5 cm³/mol. The second-order valence-electron chi connectivity index (χ2n) is 7.18. The van der Waals surface area contributed by atoms with Crippen molar-refractivity contribution in [2.75, 3.05) is 14.2 Å². The summed E-state index contributed by atoms with van der Waals surface area (Å²) in [5, 5.41) is 10.5. The minimum absolute atomic E-state index is 0.503. The van der Waals surface area contributed by atoms with Crippen molar-refractivity contribution in [2.24, 2.45) is 11.3 Å². The SMILES string of the molecule is CNC(CCCC(C)(C)C)CC1CCCCC1.CO. The van der Waals surface area contributed by atoms with Gasteiger partial charge in [-0.1, -0.05) is 59.3 Å². The van der Waals surface area contributed by atoms with E-state index in [1.54, 1.807) is 0 Å². The summed E-state index contributed by atoms with van der Waals surface area (Å²) in [7, 11) is 3.14. The highest BCUT2D eigenvalue weighted by Gasteiger charge is 2.18. The molecule has 0 amide bonds. The Morgan fingerprint density at radius 3 is 2.16 bits per heavy atom. The van der Waals surface area contributed by atoms with E-state index in [-0.39, 0.29) is 0 Å². The molecule has 1 aliphatic carbocycles. The molecule has 1 aliphatic rings. The van der Waals surface area contributed by atoms with E-state index in [1.165, 1.54) is 57.8 Å². The van der Waals surface area contributed by atoms with E-state index in [2.05, 4.69) is 33.1 Å². The third kappa shape index (κ3) is 10.4. The van der Waals surface area contributed by atoms with Crippen LogP contribution in [0.1, 0.15) is 78.6 Å². The van der Waals surface area contributed by atoms with Crippen LogP contribution in [0.4, 0.5) is 0 Å². The first-order valence-corrected chi connectivity index (χ1v) is 8.13. The lowest BCUT2D eigenvalue weighted by atomic mass is 9.83. The highest BCUT2D eigenvalue weighted by Crippen LogP contribution is 2.29. The van der Waals surface area contributed by atoms with Crippen molar-refractivity contribution in [1.29, 1.82) is 0 Å². The molecular weight excluding hydrogens is 234 g/mol. The maximum absolute atomic E-state index is 7.00. The van der Waals surface area contributed by atoms with Crippen LogP contribution >= 0.6 is 0 Å². The van der Waals surface area contributed by atoms with Gasteiger partial charge in [-0.3, -0.25) is 0 Å². The Hall–Kier alpha value is -0.0800. The van der Waals surface area contributed by atoms with Crippen LogP contribution in [0, 0.1) is 11.3 Å². The van der Waals surface area contributed by atoms with Crippen LogP contribution < -0.4 is 5.32 Å². The van der Waals surface area contributed by atoms with Crippen LogP contribution in [0.15, 0.2) is 0 Å². The molecule has 1 unspecified atom stereocenters. The molecule has 0 aromatic heterocycles. The third-order valence-electron chi connectivity index (χ3n) is 4.23. The van der Waals surface area contributed by atoms with Crippen molar-refractivity contribution in [3.05, 3.63) is 0 Å². The fourth-order valence-corrected chi connectivity index (χ4v) is 3.08. The summed E-state index contributed by atoms with van der Waals surface area (Å²) in [4.78, 5) is 0. The minimum Gasteiger partial charge on any atom is -0.400 e. The molecular formula is C17H37NO. The summed E-state index contributed by atoms with van der Waals surface area (Å²) in [5.41, 5.74) is 0.503. The summed E-state index contributed by atoms with van der Waals surface area (Å²) in [5.74, 6) is 1.01. The second-order valence-corrected chi connectivity index (χ2v) is 7.18. The Labute approximate surface area is 121 Å². The van der Waals surface area contributed by atoms with Gasteiger partial charge in [-0.05, 0) is 37.6 Å². The third-order valence-corrected chi connectivity index (χ3v) is 4.23. The lowest BCUT2D eigenvalue weighted by Crippen LogP contribution is -2.29. The van der Waals surface area contributed by atoms with Crippen molar-refractivity contribution < 1.29 is 5.11 Å². The number of nitrogens with one attached hydrogen (secondary N) is 1. The van der Waals surface area contributed by atoms with Gasteiger partial charge in [0.2, 0.25) is 0 Å². The van der Waals surface area contributed by atoms with Gasteiger partial charge < -0.3 is 10.4 Å². The second kappa shape index (κ2) is 10.7. The zero-order valence-corrected chi connectivity index (χ0v) is 14.0. The van der Waals surface area contributed by atoms with Crippen LogP contribution in [-0.2, 0) is 0 Å². The van der Waals surface area contributed by atoms with Crippen molar-refractivity contribution in [3.8, 4) is 0 Å². The maximum atomic E-state index is 7.00.